The zero-order valence-electron chi connectivity index (χ0n) is 11.0. The summed E-state index contributed by atoms with van der Waals surface area (Å²) >= 11 is 0. The highest BCUT2D eigenvalue weighted by atomic mass is 16.5. The summed E-state index contributed by atoms with van der Waals surface area (Å²) in [5, 5.41) is 0. The number of ether oxygens (including phenoxy) is 1. The minimum Gasteiger partial charge on any atom is -0.370 e. The van der Waals surface area contributed by atoms with Gasteiger partial charge in [0.15, 0.2) is 0 Å². The summed E-state index contributed by atoms with van der Waals surface area (Å²) in [7, 11) is 0. The van der Waals surface area contributed by atoms with E-state index >= 15 is 0 Å². The van der Waals surface area contributed by atoms with Crippen LogP contribution in [0.2, 0.25) is 0 Å². The number of hydrogen-bond acceptors (Lipinski definition) is 1. The lowest BCUT2D eigenvalue weighted by atomic mass is 10.1. The smallest absolute Gasteiger partial charge is 0.0605 e. The molecule has 0 saturated heterocycles. The minimum atomic E-state index is -0.0156. The third-order valence-electron chi connectivity index (χ3n) is 0.612. The maximum atomic E-state index is 5.62. The van der Waals surface area contributed by atoms with Gasteiger partial charge in [-0.3, -0.25) is 0 Å². The summed E-state index contributed by atoms with van der Waals surface area (Å²) in [4.78, 5) is 0. The van der Waals surface area contributed by atoms with Crippen molar-refractivity contribution in [1.29, 1.82) is 0 Å². The molecule has 0 aromatic carbocycles. The maximum absolute atomic E-state index is 5.62. The van der Waals surface area contributed by atoms with E-state index < -0.39 is 0 Å². The molecule has 0 amide bonds. The molecule has 0 rings (SSSR count). The van der Waals surface area contributed by atoms with Crippen molar-refractivity contribution in [1.82, 2.24) is 0 Å². The van der Waals surface area contributed by atoms with Crippen LogP contribution in [0.4, 0.5) is 0 Å². The second-order valence-electron chi connectivity index (χ2n) is 6.06. The fourth-order valence-corrected chi connectivity index (χ4v) is 0.919. The van der Waals surface area contributed by atoms with Gasteiger partial charge in [-0.05, 0) is 47.5 Å². The monoisotopic (exact) mass is 188 g/mol. The van der Waals surface area contributed by atoms with Crippen LogP contribution in [-0.4, -0.2) is 11.2 Å². The van der Waals surface area contributed by atoms with Crippen LogP contribution in [-0.2, 0) is 4.74 Å². The van der Waals surface area contributed by atoms with Gasteiger partial charge in [0.2, 0.25) is 0 Å². The van der Waals surface area contributed by atoms with Gasteiger partial charge in [-0.1, -0.05) is 20.8 Å². The van der Waals surface area contributed by atoms with E-state index in [0.29, 0.717) is 0 Å². The topological polar surface area (TPSA) is 9.23 Å². The fourth-order valence-electron chi connectivity index (χ4n) is 0.919. The van der Waals surface area contributed by atoms with Crippen LogP contribution in [0.25, 0.3) is 0 Å². The van der Waals surface area contributed by atoms with Gasteiger partial charge in [0.1, 0.15) is 0 Å². The third-order valence-corrected chi connectivity index (χ3v) is 0.612. The van der Waals surface area contributed by atoms with E-state index in [1.807, 2.05) is 0 Å². The van der Waals surface area contributed by atoms with Crippen molar-refractivity contribution in [3.8, 4) is 0 Å². The first-order valence-corrected chi connectivity index (χ1v) is 5.14. The van der Waals surface area contributed by atoms with E-state index in [0.717, 1.165) is 5.92 Å². The summed E-state index contributed by atoms with van der Waals surface area (Å²) in [5.74, 6) is 0.833. The Kier molecular flexibility index (Phi) is 6.70. The molecule has 0 fully saturated rings. The van der Waals surface area contributed by atoms with E-state index in [1.165, 1.54) is 0 Å². The Morgan fingerprint density at radius 3 is 0.846 bits per heavy atom. The van der Waals surface area contributed by atoms with Crippen molar-refractivity contribution >= 4 is 0 Å². The van der Waals surface area contributed by atoms with Gasteiger partial charge in [-0.15, -0.1) is 0 Å². The third kappa shape index (κ3) is 33.4. The Balaban J connectivity index is 0. The molecule has 0 N–H and O–H groups in total. The predicted octanol–water partition coefficient (Wildman–Crippen LogP) is 4.26. The van der Waals surface area contributed by atoms with E-state index in [9.17, 15) is 0 Å². The first kappa shape index (κ1) is 15.4. The fraction of sp³-hybridized carbons (Fsp3) is 1.00. The number of hydrogen-bond donors (Lipinski definition) is 0. The van der Waals surface area contributed by atoms with Crippen molar-refractivity contribution in [3.05, 3.63) is 0 Å². The molecule has 0 radical (unpaired) electrons. The normalized spacial score (nSPS) is 12.5. The molecule has 0 aromatic heterocycles. The first-order chi connectivity index (χ1) is 5.44. The van der Waals surface area contributed by atoms with Crippen LogP contribution in [0, 0.1) is 5.92 Å². The zero-order chi connectivity index (χ0) is 11.3. The molecular weight excluding hydrogens is 160 g/mol. The molecule has 13 heavy (non-hydrogen) atoms. The molecule has 1 heteroatoms. The van der Waals surface area contributed by atoms with Gasteiger partial charge in [-0.2, -0.15) is 0 Å². The SMILES string of the molecule is CC(C)(C)OC(C)(C)C.CC(C)C. The van der Waals surface area contributed by atoms with Crippen molar-refractivity contribution in [2.24, 2.45) is 5.92 Å². The highest BCUT2D eigenvalue weighted by Gasteiger charge is 2.19. The Labute approximate surface area is 84.9 Å². The maximum Gasteiger partial charge on any atom is 0.0605 e. The Hall–Kier alpha value is -0.0400. The standard InChI is InChI=1S/C8H18O.C4H10/c1-7(2,3)9-8(4,5)6;1-4(2)3/h1-6H3;4H,1-3H3. The molecule has 0 bridgehead atoms. The molecule has 1 nitrogen and oxygen atoms in total. The van der Waals surface area contributed by atoms with Crippen LogP contribution in [0.1, 0.15) is 62.3 Å². The highest BCUT2D eigenvalue weighted by Crippen LogP contribution is 2.17. The van der Waals surface area contributed by atoms with Crippen molar-refractivity contribution in [2.45, 2.75) is 73.5 Å². The van der Waals surface area contributed by atoms with Gasteiger partial charge < -0.3 is 4.74 Å². The van der Waals surface area contributed by atoms with Crippen molar-refractivity contribution in [3.63, 3.8) is 0 Å². The van der Waals surface area contributed by atoms with Crippen LogP contribution >= 0.6 is 0 Å². The molecule has 0 unspecified atom stereocenters. The molecule has 0 atom stereocenters. The lowest BCUT2D eigenvalue weighted by molar-refractivity contribution is -0.102. The second-order valence-corrected chi connectivity index (χ2v) is 6.06. The average Bonchev–Trinajstić information content (AvgIpc) is 1.47. The summed E-state index contributed by atoms with van der Waals surface area (Å²) in [5.41, 5.74) is -0.0312. The predicted molar refractivity (Wildman–Crippen MR) is 61.1 cm³/mol. The molecule has 0 spiro atoms. The summed E-state index contributed by atoms with van der Waals surface area (Å²) in [6.45, 7) is 18.9. The van der Waals surface area contributed by atoms with Crippen LogP contribution < -0.4 is 0 Å². The van der Waals surface area contributed by atoms with E-state index in [2.05, 4.69) is 62.3 Å². The molecule has 0 heterocycles. The minimum absolute atomic E-state index is 0.0156. The molecule has 0 aliphatic heterocycles. The quantitative estimate of drug-likeness (QED) is 0.552. The van der Waals surface area contributed by atoms with Gasteiger partial charge in [0.05, 0.1) is 11.2 Å². The van der Waals surface area contributed by atoms with Crippen molar-refractivity contribution < 1.29 is 4.74 Å². The Bertz CT molecular complexity index is 97.3. The van der Waals surface area contributed by atoms with E-state index in [1.54, 1.807) is 0 Å². The lowest BCUT2D eigenvalue weighted by Crippen LogP contribution is -2.31. The zero-order valence-corrected chi connectivity index (χ0v) is 11.0. The van der Waals surface area contributed by atoms with Gasteiger partial charge >= 0.3 is 0 Å². The van der Waals surface area contributed by atoms with E-state index in [4.69, 9.17) is 4.74 Å². The van der Waals surface area contributed by atoms with Crippen LogP contribution in [0.3, 0.4) is 0 Å². The lowest BCUT2D eigenvalue weighted by Gasteiger charge is -2.30. The Morgan fingerprint density at radius 1 is 0.692 bits per heavy atom. The molecule has 0 saturated carbocycles. The average molecular weight is 188 g/mol. The number of rotatable bonds is 0. The summed E-state index contributed by atoms with van der Waals surface area (Å²) in [6, 6.07) is 0. The molecule has 82 valence electrons. The first-order valence-electron chi connectivity index (χ1n) is 5.14. The summed E-state index contributed by atoms with van der Waals surface area (Å²) < 4.78 is 5.62. The van der Waals surface area contributed by atoms with Gasteiger partial charge in [-0.25, -0.2) is 0 Å². The molecule has 0 aliphatic rings. The van der Waals surface area contributed by atoms with Crippen LogP contribution in [0.15, 0.2) is 0 Å². The molecule has 0 aliphatic carbocycles. The van der Waals surface area contributed by atoms with E-state index in [-0.39, 0.29) is 11.2 Å². The second kappa shape index (κ2) is 5.64. The van der Waals surface area contributed by atoms with Gasteiger partial charge in [0, 0.05) is 0 Å². The molecule has 0 aromatic rings. The van der Waals surface area contributed by atoms with Gasteiger partial charge in [0.25, 0.3) is 0 Å². The van der Waals surface area contributed by atoms with Crippen molar-refractivity contribution in [2.75, 3.05) is 0 Å². The largest absolute Gasteiger partial charge is 0.370 e. The summed E-state index contributed by atoms with van der Waals surface area (Å²) in [6.07, 6.45) is 0. The molecular formula is C12H28O. The Morgan fingerprint density at radius 2 is 0.846 bits per heavy atom. The highest BCUT2D eigenvalue weighted by molar-refractivity contribution is 4.68. The van der Waals surface area contributed by atoms with Crippen LogP contribution in [0.5, 0.6) is 0 Å².